The Morgan fingerprint density at radius 2 is 2.04 bits per heavy atom. The van der Waals surface area contributed by atoms with Crippen molar-refractivity contribution in [1.29, 1.82) is 0 Å². The summed E-state index contributed by atoms with van der Waals surface area (Å²) in [5.74, 6) is 1.01. The lowest BCUT2D eigenvalue weighted by Crippen LogP contribution is -2.49. The maximum atomic E-state index is 12.7. The molecule has 0 atom stereocenters. The molecule has 1 N–H and O–H groups in total. The summed E-state index contributed by atoms with van der Waals surface area (Å²) in [6.45, 7) is 6.87. The van der Waals surface area contributed by atoms with E-state index in [0.29, 0.717) is 18.8 Å². The Balaban J connectivity index is 1.46. The zero-order chi connectivity index (χ0) is 16.7. The van der Waals surface area contributed by atoms with E-state index in [2.05, 4.69) is 19.9 Å². The smallest absolute Gasteiger partial charge is 0.270 e. The van der Waals surface area contributed by atoms with Gasteiger partial charge < -0.3 is 14.8 Å². The standard InChI is InChI=1S/C17H19N5OS/c1-11-10-18-12(2)16(19-11)21-4-6-22(7-5-21)17(23)14-9-15-13(20-14)3-8-24-15/h3,8-10,20H,4-7H2,1-2H3. The first-order chi connectivity index (χ1) is 11.6. The Morgan fingerprint density at radius 1 is 1.25 bits per heavy atom. The number of anilines is 1. The molecule has 1 aliphatic heterocycles. The largest absolute Gasteiger partial charge is 0.352 e. The van der Waals surface area contributed by atoms with Crippen LogP contribution in [0.4, 0.5) is 5.82 Å². The number of fused-ring (bicyclic) bond motifs is 1. The van der Waals surface area contributed by atoms with Crippen molar-refractivity contribution in [2.45, 2.75) is 13.8 Å². The number of hydrogen-bond donors (Lipinski definition) is 1. The van der Waals surface area contributed by atoms with E-state index in [4.69, 9.17) is 0 Å². The van der Waals surface area contributed by atoms with E-state index in [-0.39, 0.29) is 5.91 Å². The molecule has 0 radical (unpaired) electrons. The third kappa shape index (κ3) is 2.65. The van der Waals surface area contributed by atoms with Gasteiger partial charge in [-0.2, -0.15) is 0 Å². The monoisotopic (exact) mass is 341 g/mol. The van der Waals surface area contributed by atoms with Crippen molar-refractivity contribution < 1.29 is 4.79 Å². The highest BCUT2D eigenvalue weighted by Crippen LogP contribution is 2.23. The molecule has 1 saturated heterocycles. The summed E-state index contributed by atoms with van der Waals surface area (Å²) < 4.78 is 1.13. The molecule has 0 unspecified atom stereocenters. The molecule has 0 spiro atoms. The first-order valence-electron chi connectivity index (χ1n) is 8.02. The lowest BCUT2D eigenvalue weighted by Gasteiger charge is -2.35. The first kappa shape index (κ1) is 15.1. The molecule has 3 aromatic heterocycles. The molecular formula is C17H19N5OS. The topological polar surface area (TPSA) is 65.1 Å². The summed E-state index contributed by atoms with van der Waals surface area (Å²) in [6.07, 6.45) is 1.79. The van der Waals surface area contributed by atoms with Crippen LogP contribution in [0.15, 0.2) is 23.7 Å². The maximum absolute atomic E-state index is 12.7. The second-order valence-electron chi connectivity index (χ2n) is 6.08. The molecule has 4 heterocycles. The van der Waals surface area contributed by atoms with Crippen molar-refractivity contribution in [3.05, 3.63) is 40.8 Å². The minimum Gasteiger partial charge on any atom is -0.352 e. The Kier molecular flexibility index (Phi) is 3.72. The molecule has 1 fully saturated rings. The number of carbonyl (C=O) groups excluding carboxylic acids is 1. The summed E-state index contributed by atoms with van der Waals surface area (Å²) in [5, 5.41) is 2.03. The Labute approximate surface area is 144 Å². The minimum atomic E-state index is 0.0742. The second-order valence-corrected chi connectivity index (χ2v) is 7.03. The van der Waals surface area contributed by atoms with Gasteiger partial charge in [-0.05, 0) is 31.4 Å². The van der Waals surface area contributed by atoms with Gasteiger partial charge >= 0.3 is 0 Å². The average molecular weight is 341 g/mol. The van der Waals surface area contributed by atoms with Gasteiger partial charge in [-0.3, -0.25) is 9.78 Å². The molecular weight excluding hydrogens is 322 g/mol. The number of aryl methyl sites for hydroxylation is 2. The van der Waals surface area contributed by atoms with E-state index < -0.39 is 0 Å². The quantitative estimate of drug-likeness (QED) is 0.778. The molecule has 1 aliphatic rings. The van der Waals surface area contributed by atoms with Crippen molar-refractivity contribution in [1.82, 2.24) is 19.9 Å². The number of H-pyrrole nitrogens is 1. The molecule has 124 valence electrons. The van der Waals surface area contributed by atoms with Gasteiger partial charge in [0, 0.05) is 32.4 Å². The van der Waals surface area contributed by atoms with Gasteiger partial charge in [-0.1, -0.05) is 0 Å². The highest BCUT2D eigenvalue weighted by Gasteiger charge is 2.25. The van der Waals surface area contributed by atoms with Crippen LogP contribution in [-0.2, 0) is 0 Å². The zero-order valence-corrected chi connectivity index (χ0v) is 14.6. The molecule has 24 heavy (non-hydrogen) atoms. The fourth-order valence-electron chi connectivity index (χ4n) is 3.08. The Bertz CT molecular complexity index is 863. The SMILES string of the molecule is Cc1cnc(C)c(N2CCN(C(=O)c3cc4sccc4[nH]3)CC2)n1. The number of piperazine rings is 1. The number of thiophene rings is 1. The van der Waals surface area contributed by atoms with E-state index in [9.17, 15) is 4.79 Å². The molecule has 0 bridgehead atoms. The first-order valence-corrected chi connectivity index (χ1v) is 8.90. The summed E-state index contributed by atoms with van der Waals surface area (Å²) in [6, 6.07) is 3.96. The molecule has 6 nitrogen and oxygen atoms in total. The van der Waals surface area contributed by atoms with Crippen molar-refractivity contribution in [2.24, 2.45) is 0 Å². The van der Waals surface area contributed by atoms with Crippen LogP contribution < -0.4 is 4.90 Å². The molecule has 3 aromatic rings. The van der Waals surface area contributed by atoms with Crippen molar-refractivity contribution in [2.75, 3.05) is 31.1 Å². The van der Waals surface area contributed by atoms with Gasteiger partial charge in [-0.25, -0.2) is 4.98 Å². The van der Waals surface area contributed by atoms with E-state index in [0.717, 1.165) is 40.5 Å². The average Bonchev–Trinajstić information content (AvgIpc) is 3.18. The van der Waals surface area contributed by atoms with Crippen molar-refractivity contribution in [3.8, 4) is 0 Å². The summed E-state index contributed by atoms with van der Waals surface area (Å²) in [5.41, 5.74) is 3.56. The van der Waals surface area contributed by atoms with Crippen LogP contribution in [0.5, 0.6) is 0 Å². The van der Waals surface area contributed by atoms with Crippen LogP contribution in [0.2, 0.25) is 0 Å². The summed E-state index contributed by atoms with van der Waals surface area (Å²) >= 11 is 1.65. The molecule has 7 heteroatoms. The normalized spacial score (nSPS) is 15.2. The number of nitrogens with zero attached hydrogens (tertiary/aromatic N) is 4. The van der Waals surface area contributed by atoms with Gasteiger partial charge in [0.15, 0.2) is 0 Å². The third-order valence-corrected chi connectivity index (χ3v) is 5.25. The highest BCUT2D eigenvalue weighted by molar-refractivity contribution is 7.17. The number of rotatable bonds is 2. The lowest BCUT2D eigenvalue weighted by atomic mass is 10.2. The predicted octanol–water partition coefficient (Wildman–Crippen LogP) is 2.60. The number of aromatic nitrogens is 3. The number of amides is 1. The fraction of sp³-hybridized carbons (Fsp3) is 0.353. The van der Waals surface area contributed by atoms with Gasteiger partial charge in [0.05, 0.1) is 21.6 Å². The third-order valence-electron chi connectivity index (χ3n) is 4.39. The minimum absolute atomic E-state index is 0.0742. The molecule has 0 aromatic carbocycles. The van der Waals surface area contributed by atoms with Crippen LogP contribution in [0, 0.1) is 13.8 Å². The molecule has 0 saturated carbocycles. The Hall–Kier alpha value is -2.41. The summed E-state index contributed by atoms with van der Waals surface area (Å²) in [7, 11) is 0. The summed E-state index contributed by atoms with van der Waals surface area (Å²) in [4.78, 5) is 29.0. The van der Waals surface area contributed by atoms with Crippen LogP contribution >= 0.6 is 11.3 Å². The predicted molar refractivity (Wildman–Crippen MR) is 95.8 cm³/mol. The van der Waals surface area contributed by atoms with E-state index in [1.807, 2.05) is 36.3 Å². The maximum Gasteiger partial charge on any atom is 0.270 e. The van der Waals surface area contributed by atoms with E-state index in [1.54, 1.807) is 17.5 Å². The van der Waals surface area contributed by atoms with Crippen LogP contribution in [0.25, 0.3) is 10.2 Å². The van der Waals surface area contributed by atoms with Gasteiger partial charge in [0.1, 0.15) is 11.5 Å². The van der Waals surface area contributed by atoms with E-state index >= 15 is 0 Å². The van der Waals surface area contributed by atoms with Gasteiger partial charge in [-0.15, -0.1) is 11.3 Å². The van der Waals surface area contributed by atoms with Gasteiger partial charge in [0.2, 0.25) is 0 Å². The number of nitrogens with one attached hydrogen (secondary N) is 1. The van der Waals surface area contributed by atoms with Crippen LogP contribution in [0.3, 0.4) is 0 Å². The lowest BCUT2D eigenvalue weighted by molar-refractivity contribution is 0.0741. The van der Waals surface area contributed by atoms with Crippen molar-refractivity contribution in [3.63, 3.8) is 0 Å². The second kappa shape index (κ2) is 5.90. The number of carbonyl (C=O) groups is 1. The number of aromatic amines is 1. The zero-order valence-electron chi connectivity index (χ0n) is 13.7. The van der Waals surface area contributed by atoms with Gasteiger partial charge in [0.25, 0.3) is 5.91 Å². The molecule has 4 rings (SSSR count). The van der Waals surface area contributed by atoms with Crippen LogP contribution in [-0.4, -0.2) is 51.9 Å². The Morgan fingerprint density at radius 3 is 2.79 bits per heavy atom. The van der Waals surface area contributed by atoms with E-state index in [1.165, 1.54) is 0 Å². The van der Waals surface area contributed by atoms with Crippen molar-refractivity contribution >= 4 is 33.3 Å². The fourth-order valence-corrected chi connectivity index (χ4v) is 3.86. The molecule has 1 amide bonds. The number of hydrogen-bond acceptors (Lipinski definition) is 5. The van der Waals surface area contributed by atoms with Crippen LogP contribution in [0.1, 0.15) is 21.9 Å². The molecule has 0 aliphatic carbocycles. The highest BCUT2D eigenvalue weighted by atomic mass is 32.1.